The summed E-state index contributed by atoms with van der Waals surface area (Å²) in [5.41, 5.74) is 1.29. The van der Waals surface area contributed by atoms with Gasteiger partial charge in [0.15, 0.2) is 0 Å². The summed E-state index contributed by atoms with van der Waals surface area (Å²) in [4.78, 5) is 34.9. The molecule has 7 nitrogen and oxygen atoms in total. The molecule has 0 saturated carbocycles. The third-order valence-corrected chi connectivity index (χ3v) is 3.36. The Kier molecular flexibility index (Phi) is 6.71. The van der Waals surface area contributed by atoms with Crippen LogP contribution in [0.25, 0.3) is 6.08 Å². The second kappa shape index (κ2) is 9.19. The molecule has 2 rings (SSSR count). The lowest BCUT2D eigenvalue weighted by molar-refractivity contribution is -0.131. The van der Waals surface area contributed by atoms with Crippen LogP contribution in [0, 0.1) is 0 Å². The summed E-state index contributed by atoms with van der Waals surface area (Å²) >= 11 is 0. The zero-order valence-corrected chi connectivity index (χ0v) is 15.2. The van der Waals surface area contributed by atoms with Crippen LogP contribution in [0.4, 0.5) is 5.69 Å². The molecular weight excluding hydrogens is 348 g/mol. The average Bonchev–Trinajstić information content (AvgIpc) is 2.62. The lowest BCUT2D eigenvalue weighted by Gasteiger charge is -2.10. The largest absolute Gasteiger partial charge is 0.497 e. The van der Waals surface area contributed by atoms with Crippen LogP contribution in [0.3, 0.4) is 0 Å². The Morgan fingerprint density at radius 3 is 2.00 bits per heavy atom. The molecule has 0 bridgehead atoms. The van der Waals surface area contributed by atoms with Gasteiger partial charge in [-0.2, -0.15) is 0 Å². The molecule has 0 aliphatic rings. The zero-order chi connectivity index (χ0) is 19.8. The maximum absolute atomic E-state index is 12.5. The first-order chi connectivity index (χ1) is 12.9. The highest BCUT2D eigenvalue weighted by atomic mass is 16.5. The van der Waals surface area contributed by atoms with Crippen molar-refractivity contribution < 1.29 is 23.9 Å². The summed E-state index contributed by atoms with van der Waals surface area (Å²) in [6.07, 6.45) is 1.53. The maximum Gasteiger partial charge on any atom is 0.308 e. The molecule has 0 radical (unpaired) electrons. The lowest BCUT2D eigenvalue weighted by atomic mass is 10.1. The third-order valence-electron chi connectivity index (χ3n) is 3.36. The van der Waals surface area contributed by atoms with E-state index in [2.05, 4.69) is 10.6 Å². The summed E-state index contributed by atoms with van der Waals surface area (Å²) in [6, 6.07) is 13.3. The molecule has 0 heterocycles. The molecular formula is C20H20N2O5. The number of rotatable bonds is 6. The molecule has 2 N–H and O–H groups in total. The van der Waals surface area contributed by atoms with Gasteiger partial charge >= 0.3 is 5.97 Å². The van der Waals surface area contributed by atoms with Gasteiger partial charge < -0.3 is 20.1 Å². The van der Waals surface area contributed by atoms with Gasteiger partial charge in [-0.15, -0.1) is 0 Å². The van der Waals surface area contributed by atoms with E-state index < -0.39 is 11.9 Å². The highest BCUT2D eigenvalue weighted by molar-refractivity contribution is 6.08. The average molecular weight is 368 g/mol. The predicted molar refractivity (Wildman–Crippen MR) is 101 cm³/mol. The van der Waals surface area contributed by atoms with Crippen molar-refractivity contribution in [1.29, 1.82) is 0 Å². The van der Waals surface area contributed by atoms with E-state index in [0.717, 1.165) is 0 Å². The van der Waals surface area contributed by atoms with E-state index >= 15 is 0 Å². The lowest BCUT2D eigenvalue weighted by Crippen LogP contribution is -2.28. The SMILES string of the molecule is COc1ccc(NC(=O)C(=Cc2ccc(OC(C)=O)cc2)NC(C)=O)cc1. The van der Waals surface area contributed by atoms with Gasteiger partial charge in [-0.25, -0.2) is 0 Å². The number of amides is 2. The molecule has 0 unspecified atom stereocenters. The smallest absolute Gasteiger partial charge is 0.308 e. The summed E-state index contributed by atoms with van der Waals surface area (Å²) < 4.78 is 10.0. The van der Waals surface area contributed by atoms with Gasteiger partial charge in [0.1, 0.15) is 17.2 Å². The van der Waals surface area contributed by atoms with Gasteiger partial charge in [-0.05, 0) is 48.0 Å². The van der Waals surface area contributed by atoms with Crippen LogP contribution in [0.2, 0.25) is 0 Å². The van der Waals surface area contributed by atoms with E-state index in [9.17, 15) is 14.4 Å². The van der Waals surface area contributed by atoms with Gasteiger partial charge in [0.2, 0.25) is 5.91 Å². The Balaban J connectivity index is 2.19. The Labute approximate surface area is 157 Å². The molecule has 2 aromatic carbocycles. The van der Waals surface area contributed by atoms with E-state index in [1.165, 1.54) is 19.9 Å². The summed E-state index contributed by atoms with van der Waals surface area (Å²) in [7, 11) is 1.55. The van der Waals surface area contributed by atoms with E-state index in [1.54, 1.807) is 55.6 Å². The monoisotopic (exact) mass is 368 g/mol. The van der Waals surface area contributed by atoms with Crippen LogP contribution in [0.5, 0.6) is 11.5 Å². The maximum atomic E-state index is 12.5. The number of nitrogens with one attached hydrogen (secondary N) is 2. The second-order valence-corrected chi connectivity index (χ2v) is 5.58. The third kappa shape index (κ3) is 6.32. The number of methoxy groups -OCH3 is 1. The number of esters is 1. The minimum absolute atomic E-state index is 0.0820. The molecule has 0 spiro atoms. The van der Waals surface area contributed by atoms with Gasteiger partial charge in [-0.3, -0.25) is 14.4 Å². The minimum atomic E-state index is -0.473. The van der Waals surface area contributed by atoms with Gasteiger partial charge in [0.05, 0.1) is 7.11 Å². The van der Waals surface area contributed by atoms with Crippen molar-refractivity contribution in [2.75, 3.05) is 12.4 Å². The Morgan fingerprint density at radius 1 is 0.889 bits per heavy atom. The number of hydrogen-bond acceptors (Lipinski definition) is 5. The molecule has 0 aliphatic heterocycles. The second-order valence-electron chi connectivity index (χ2n) is 5.58. The molecule has 0 atom stereocenters. The van der Waals surface area contributed by atoms with Crippen LogP contribution >= 0.6 is 0 Å². The number of anilines is 1. The van der Waals surface area contributed by atoms with Crippen LogP contribution in [-0.4, -0.2) is 24.9 Å². The number of carbonyl (C=O) groups is 3. The number of benzene rings is 2. The molecule has 140 valence electrons. The first kappa shape index (κ1) is 19.7. The Hall–Kier alpha value is -3.61. The van der Waals surface area contributed by atoms with Crippen molar-refractivity contribution in [3.8, 4) is 11.5 Å². The molecule has 2 amide bonds. The molecule has 7 heteroatoms. The van der Waals surface area contributed by atoms with E-state index in [4.69, 9.17) is 9.47 Å². The van der Waals surface area contributed by atoms with Crippen LogP contribution in [-0.2, 0) is 14.4 Å². The molecule has 0 fully saturated rings. The minimum Gasteiger partial charge on any atom is -0.497 e. The topological polar surface area (TPSA) is 93.7 Å². The number of hydrogen-bond donors (Lipinski definition) is 2. The fourth-order valence-electron chi connectivity index (χ4n) is 2.19. The standard InChI is InChI=1S/C20H20N2O5/c1-13(23)21-19(12-15-4-8-18(9-5-15)27-14(2)24)20(25)22-16-6-10-17(26-3)11-7-16/h4-12H,1-3H3,(H,21,23)(H,22,25). The summed E-state index contributed by atoms with van der Waals surface area (Å²) in [6.45, 7) is 2.63. The van der Waals surface area contributed by atoms with Crippen molar-refractivity contribution in [2.24, 2.45) is 0 Å². The van der Waals surface area contributed by atoms with Crippen molar-refractivity contribution in [1.82, 2.24) is 5.32 Å². The number of ether oxygens (including phenoxy) is 2. The molecule has 27 heavy (non-hydrogen) atoms. The van der Waals surface area contributed by atoms with Crippen molar-refractivity contribution in [3.05, 3.63) is 59.8 Å². The predicted octanol–water partition coefficient (Wildman–Crippen LogP) is 2.74. The normalized spacial score (nSPS) is 10.7. The molecule has 0 aliphatic carbocycles. The Morgan fingerprint density at radius 2 is 1.48 bits per heavy atom. The fourth-order valence-corrected chi connectivity index (χ4v) is 2.19. The van der Waals surface area contributed by atoms with Crippen molar-refractivity contribution in [2.45, 2.75) is 13.8 Å². The summed E-state index contributed by atoms with van der Waals surface area (Å²) in [5, 5.41) is 5.23. The van der Waals surface area contributed by atoms with Crippen molar-refractivity contribution in [3.63, 3.8) is 0 Å². The first-order valence-electron chi connectivity index (χ1n) is 8.10. The van der Waals surface area contributed by atoms with Crippen LogP contribution in [0.1, 0.15) is 19.4 Å². The number of carbonyl (C=O) groups excluding carboxylic acids is 3. The quantitative estimate of drug-likeness (QED) is 0.465. The highest BCUT2D eigenvalue weighted by Gasteiger charge is 2.12. The Bertz CT molecular complexity index is 855. The van der Waals surface area contributed by atoms with E-state index in [1.807, 2.05) is 0 Å². The van der Waals surface area contributed by atoms with E-state index in [-0.39, 0.29) is 11.6 Å². The van der Waals surface area contributed by atoms with Crippen molar-refractivity contribution >= 4 is 29.5 Å². The van der Waals surface area contributed by atoms with Gasteiger partial charge in [-0.1, -0.05) is 12.1 Å². The highest BCUT2D eigenvalue weighted by Crippen LogP contribution is 2.17. The van der Waals surface area contributed by atoms with E-state index in [0.29, 0.717) is 22.7 Å². The fraction of sp³-hybridized carbons (Fsp3) is 0.150. The van der Waals surface area contributed by atoms with Gasteiger partial charge in [0, 0.05) is 19.5 Å². The van der Waals surface area contributed by atoms with Gasteiger partial charge in [0.25, 0.3) is 5.91 Å². The molecule has 0 aromatic heterocycles. The van der Waals surface area contributed by atoms with Crippen LogP contribution in [0.15, 0.2) is 54.2 Å². The zero-order valence-electron chi connectivity index (χ0n) is 15.2. The molecule has 2 aromatic rings. The van der Waals surface area contributed by atoms with Crippen LogP contribution < -0.4 is 20.1 Å². The molecule has 0 saturated heterocycles. The first-order valence-corrected chi connectivity index (χ1v) is 8.10. The summed E-state index contributed by atoms with van der Waals surface area (Å²) in [5.74, 6) is -0.208.